The number of benzene rings is 2. The number of anilines is 1. The maximum atomic E-state index is 13.0. The van der Waals surface area contributed by atoms with E-state index in [9.17, 15) is 9.18 Å². The fourth-order valence-corrected chi connectivity index (χ4v) is 2.38. The number of para-hydroxylation sites is 1. The lowest BCUT2D eigenvalue weighted by Gasteiger charge is -2.09. The lowest BCUT2D eigenvalue weighted by molar-refractivity contribution is 0.0474. The van der Waals surface area contributed by atoms with Crippen LogP contribution in [0, 0.1) is 5.82 Å². The predicted molar refractivity (Wildman–Crippen MR) is 86.7 cm³/mol. The van der Waals surface area contributed by atoms with Crippen molar-refractivity contribution in [3.05, 3.63) is 70.6 Å². The van der Waals surface area contributed by atoms with Crippen LogP contribution in [0.3, 0.4) is 0 Å². The van der Waals surface area contributed by atoms with Gasteiger partial charge in [0.15, 0.2) is 0 Å². The van der Waals surface area contributed by atoms with Crippen molar-refractivity contribution in [3.8, 4) is 0 Å². The zero-order valence-corrected chi connectivity index (χ0v) is 12.7. The maximum Gasteiger partial charge on any atom is 0.340 e. The van der Waals surface area contributed by atoms with Crippen molar-refractivity contribution in [1.29, 1.82) is 0 Å². The van der Waals surface area contributed by atoms with Crippen LogP contribution in [0.25, 0.3) is 10.9 Å². The Bertz CT molecular complexity index is 899. The number of nitrogen functional groups attached to an aromatic ring is 1. The fraction of sp³-hybridized carbons (Fsp3) is 0.0588. The van der Waals surface area contributed by atoms with E-state index in [1.165, 1.54) is 6.07 Å². The molecule has 0 bridgehead atoms. The van der Waals surface area contributed by atoms with Gasteiger partial charge < -0.3 is 10.5 Å². The molecule has 0 aliphatic heterocycles. The molecule has 1 aromatic heterocycles. The molecule has 0 saturated heterocycles. The number of ether oxygens (including phenoxy) is 1. The summed E-state index contributed by atoms with van der Waals surface area (Å²) in [7, 11) is 0. The van der Waals surface area contributed by atoms with Crippen LogP contribution < -0.4 is 5.73 Å². The third kappa shape index (κ3) is 3.24. The molecule has 23 heavy (non-hydrogen) atoms. The molecule has 0 fully saturated rings. The van der Waals surface area contributed by atoms with Crippen molar-refractivity contribution in [2.45, 2.75) is 6.61 Å². The van der Waals surface area contributed by atoms with Gasteiger partial charge in [0.2, 0.25) is 0 Å². The summed E-state index contributed by atoms with van der Waals surface area (Å²) in [5.74, 6) is -1.16. The Balaban J connectivity index is 1.80. The minimum atomic E-state index is -0.647. The van der Waals surface area contributed by atoms with Gasteiger partial charge in [-0.2, -0.15) is 0 Å². The van der Waals surface area contributed by atoms with Crippen molar-refractivity contribution < 1.29 is 13.9 Å². The topological polar surface area (TPSA) is 65.2 Å². The molecule has 0 radical (unpaired) electrons. The summed E-state index contributed by atoms with van der Waals surface area (Å²) < 4.78 is 18.2. The second-order valence-electron chi connectivity index (χ2n) is 4.94. The molecule has 0 aliphatic rings. The van der Waals surface area contributed by atoms with Crippen LogP contribution in [0.2, 0.25) is 5.15 Å². The van der Waals surface area contributed by atoms with Crippen LogP contribution in [0.1, 0.15) is 15.9 Å². The van der Waals surface area contributed by atoms with Gasteiger partial charge in [0, 0.05) is 16.6 Å². The third-order valence-corrected chi connectivity index (χ3v) is 3.67. The first-order chi connectivity index (χ1) is 11.0. The summed E-state index contributed by atoms with van der Waals surface area (Å²) in [6, 6.07) is 12.8. The number of pyridine rings is 1. The van der Waals surface area contributed by atoms with Gasteiger partial charge in [0.1, 0.15) is 17.6 Å². The van der Waals surface area contributed by atoms with Gasteiger partial charge in [-0.05, 0) is 30.3 Å². The number of nitrogens with zero attached hydrogens (tertiary/aromatic N) is 1. The average molecular weight is 331 g/mol. The SMILES string of the molecule is Nc1cc(F)ccc1C(=O)OCc1cc2ccccc2nc1Cl. The number of halogens is 2. The number of aromatic nitrogens is 1. The van der Waals surface area contributed by atoms with Crippen molar-refractivity contribution in [3.63, 3.8) is 0 Å². The summed E-state index contributed by atoms with van der Waals surface area (Å²) in [6.45, 7) is -0.0493. The Hall–Kier alpha value is -2.66. The van der Waals surface area contributed by atoms with Crippen LogP contribution in [-0.2, 0) is 11.3 Å². The Morgan fingerprint density at radius 1 is 1.22 bits per heavy atom. The van der Waals surface area contributed by atoms with Crippen LogP contribution in [0.15, 0.2) is 48.5 Å². The van der Waals surface area contributed by atoms with Gasteiger partial charge >= 0.3 is 5.97 Å². The van der Waals surface area contributed by atoms with Crippen molar-refractivity contribution >= 4 is 34.2 Å². The highest BCUT2D eigenvalue weighted by Gasteiger charge is 2.13. The van der Waals surface area contributed by atoms with E-state index >= 15 is 0 Å². The number of hydrogen-bond acceptors (Lipinski definition) is 4. The number of fused-ring (bicyclic) bond motifs is 1. The molecule has 6 heteroatoms. The van der Waals surface area contributed by atoms with Crippen molar-refractivity contribution in [2.75, 3.05) is 5.73 Å². The summed E-state index contributed by atoms with van der Waals surface area (Å²) >= 11 is 6.11. The van der Waals surface area contributed by atoms with Gasteiger partial charge in [-0.25, -0.2) is 14.2 Å². The van der Waals surface area contributed by atoms with E-state index in [0.717, 1.165) is 23.0 Å². The Labute approximate surface area is 136 Å². The minimum Gasteiger partial charge on any atom is -0.457 e. The Morgan fingerprint density at radius 2 is 2.00 bits per heavy atom. The van der Waals surface area contributed by atoms with E-state index in [2.05, 4.69) is 4.98 Å². The molecule has 3 rings (SSSR count). The third-order valence-electron chi connectivity index (χ3n) is 3.34. The molecule has 1 heterocycles. The zero-order chi connectivity index (χ0) is 16.4. The van der Waals surface area contributed by atoms with E-state index in [4.69, 9.17) is 22.1 Å². The molecule has 4 nitrogen and oxygen atoms in total. The molecule has 2 aromatic carbocycles. The van der Waals surface area contributed by atoms with Crippen LogP contribution in [0.5, 0.6) is 0 Å². The molecule has 0 unspecified atom stereocenters. The molecular formula is C17H12ClFN2O2. The highest BCUT2D eigenvalue weighted by atomic mass is 35.5. The molecule has 0 amide bonds. The normalized spacial score (nSPS) is 10.7. The standard InChI is InChI=1S/C17H12ClFN2O2/c18-16-11(7-10-3-1-2-4-15(10)21-16)9-23-17(22)13-6-5-12(19)8-14(13)20/h1-8H,9,20H2. The van der Waals surface area contributed by atoms with Gasteiger partial charge in [-0.1, -0.05) is 29.8 Å². The molecular weight excluding hydrogens is 319 g/mol. The van der Waals surface area contributed by atoms with E-state index in [1.807, 2.05) is 30.3 Å². The van der Waals surface area contributed by atoms with E-state index in [1.54, 1.807) is 0 Å². The maximum absolute atomic E-state index is 13.0. The lowest BCUT2D eigenvalue weighted by Crippen LogP contribution is -2.09. The van der Waals surface area contributed by atoms with Crippen LogP contribution in [0.4, 0.5) is 10.1 Å². The summed E-state index contributed by atoms with van der Waals surface area (Å²) in [4.78, 5) is 16.3. The van der Waals surface area contributed by atoms with Gasteiger partial charge in [0.25, 0.3) is 0 Å². The monoisotopic (exact) mass is 330 g/mol. The summed E-state index contributed by atoms with van der Waals surface area (Å²) in [5, 5.41) is 1.16. The number of carbonyl (C=O) groups excluding carboxylic acids is 1. The number of nitrogens with two attached hydrogens (primary N) is 1. The molecule has 116 valence electrons. The average Bonchev–Trinajstić information content (AvgIpc) is 2.52. The van der Waals surface area contributed by atoms with Gasteiger partial charge in [-0.15, -0.1) is 0 Å². The second-order valence-corrected chi connectivity index (χ2v) is 5.30. The zero-order valence-electron chi connectivity index (χ0n) is 11.9. The molecule has 2 N–H and O–H groups in total. The van der Waals surface area contributed by atoms with Crippen LogP contribution >= 0.6 is 11.6 Å². The van der Waals surface area contributed by atoms with E-state index in [-0.39, 0.29) is 23.0 Å². The second kappa shape index (κ2) is 6.22. The quantitative estimate of drug-likeness (QED) is 0.448. The Morgan fingerprint density at radius 3 is 2.78 bits per heavy atom. The number of hydrogen-bond donors (Lipinski definition) is 1. The highest BCUT2D eigenvalue weighted by Crippen LogP contribution is 2.22. The number of rotatable bonds is 3. The lowest BCUT2D eigenvalue weighted by atomic mass is 10.1. The van der Waals surface area contributed by atoms with E-state index in [0.29, 0.717) is 5.56 Å². The molecule has 3 aromatic rings. The Kier molecular flexibility index (Phi) is 4.12. The van der Waals surface area contributed by atoms with Crippen molar-refractivity contribution in [2.24, 2.45) is 0 Å². The number of carbonyl (C=O) groups is 1. The molecule has 0 spiro atoms. The summed E-state index contributed by atoms with van der Waals surface area (Å²) in [5.41, 5.74) is 7.09. The van der Waals surface area contributed by atoms with Gasteiger partial charge in [-0.3, -0.25) is 0 Å². The molecule has 0 aliphatic carbocycles. The minimum absolute atomic E-state index is 0.0257. The first-order valence-electron chi connectivity index (χ1n) is 6.81. The summed E-state index contributed by atoms with van der Waals surface area (Å²) in [6.07, 6.45) is 0. The number of esters is 1. The fourth-order valence-electron chi connectivity index (χ4n) is 2.18. The highest BCUT2D eigenvalue weighted by molar-refractivity contribution is 6.30. The largest absolute Gasteiger partial charge is 0.457 e. The van der Waals surface area contributed by atoms with Gasteiger partial charge in [0.05, 0.1) is 11.1 Å². The van der Waals surface area contributed by atoms with Crippen LogP contribution in [-0.4, -0.2) is 11.0 Å². The smallest absolute Gasteiger partial charge is 0.340 e. The van der Waals surface area contributed by atoms with E-state index < -0.39 is 11.8 Å². The molecule has 0 atom stereocenters. The first-order valence-corrected chi connectivity index (χ1v) is 7.19. The first kappa shape index (κ1) is 15.2. The predicted octanol–water partition coefficient (Wildman–Crippen LogP) is 3.97. The molecule has 0 saturated carbocycles. The van der Waals surface area contributed by atoms with Crippen molar-refractivity contribution in [1.82, 2.24) is 4.98 Å².